The Balaban J connectivity index is 2.10. The first-order chi connectivity index (χ1) is 11.2. The fourth-order valence-electron chi connectivity index (χ4n) is 2.06. The number of ether oxygens (including phenoxy) is 2. The van der Waals surface area contributed by atoms with Crippen LogP contribution in [-0.4, -0.2) is 29.6 Å². The molecule has 0 spiro atoms. The van der Waals surface area contributed by atoms with Gasteiger partial charge < -0.3 is 14.8 Å². The highest BCUT2D eigenvalue weighted by atomic mass is 16.5. The molecule has 0 saturated heterocycles. The fraction of sp³-hybridized carbons (Fsp3) is 0.353. The fourth-order valence-corrected chi connectivity index (χ4v) is 2.06. The molecule has 6 heteroatoms. The zero-order valence-corrected chi connectivity index (χ0v) is 13.6. The van der Waals surface area contributed by atoms with Gasteiger partial charge in [0.15, 0.2) is 11.5 Å². The first kappa shape index (κ1) is 16.7. The number of rotatable bonds is 7. The van der Waals surface area contributed by atoms with Crippen LogP contribution in [0.2, 0.25) is 0 Å². The first-order valence-electron chi connectivity index (χ1n) is 7.53. The zero-order valence-electron chi connectivity index (χ0n) is 13.6. The van der Waals surface area contributed by atoms with Gasteiger partial charge in [-0.05, 0) is 31.0 Å². The van der Waals surface area contributed by atoms with E-state index in [1.807, 2.05) is 32.0 Å². The van der Waals surface area contributed by atoms with Crippen molar-refractivity contribution in [3.8, 4) is 11.5 Å². The molecule has 23 heavy (non-hydrogen) atoms. The van der Waals surface area contributed by atoms with Crippen LogP contribution in [0.15, 0.2) is 36.8 Å². The van der Waals surface area contributed by atoms with E-state index < -0.39 is 0 Å². The molecule has 1 aromatic carbocycles. The molecule has 6 nitrogen and oxygen atoms in total. The summed E-state index contributed by atoms with van der Waals surface area (Å²) in [6.07, 6.45) is 5.38. The predicted octanol–water partition coefficient (Wildman–Crippen LogP) is 2.77. The molecule has 0 fully saturated rings. The lowest BCUT2D eigenvalue weighted by molar-refractivity contribution is 0.0934. The average molecular weight is 315 g/mol. The number of methoxy groups -OCH3 is 1. The zero-order chi connectivity index (χ0) is 16.7. The lowest BCUT2D eigenvalue weighted by Crippen LogP contribution is -2.27. The third kappa shape index (κ3) is 4.42. The molecule has 122 valence electrons. The van der Waals surface area contributed by atoms with Crippen molar-refractivity contribution < 1.29 is 14.3 Å². The van der Waals surface area contributed by atoms with Crippen LogP contribution in [0.4, 0.5) is 0 Å². The molecule has 1 amide bonds. The minimum Gasteiger partial charge on any atom is -0.493 e. The Bertz CT molecular complexity index is 647. The number of benzene rings is 1. The molecule has 1 atom stereocenters. The highest BCUT2D eigenvalue weighted by molar-refractivity contribution is 5.92. The Labute approximate surface area is 135 Å². The summed E-state index contributed by atoms with van der Waals surface area (Å²) < 4.78 is 11.0. The van der Waals surface area contributed by atoms with Crippen molar-refractivity contribution in [2.45, 2.75) is 26.3 Å². The van der Waals surface area contributed by atoms with Gasteiger partial charge in [0.2, 0.25) is 0 Å². The van der Waals surface area contributed by atoms with E-state index in [0.717, 1.165) is 12.0 Å². The molecule has 1 aromatic heterocycles. The van der Waals surface area contributed by atoms with Crippen LogP contribution >= 0.6 is 0 Å². The summed E-state index contributed by atoms with van der Waals surface area (Å²) in [5, 5.41) is 2.89. The standard InChI is InChI=1S/C17H21N3O3/c1-4-9-23-15-6-5-13(10-16(15)22-3)12(2)20-17(21)14-11-18-7-8-19-14/h5-8,10-12H,4,9H2,1-3H3,(H,20,21). The summed E-state index contributed by atoms with van der Waals surface area (Å²) in [4.78, 5) is 20.0. The summed E-state index contributed by atoms with van der Waals surface area (Å²) in [6, 6.07) is 5.44. The molecular weight excluding hydrogens is 294 g/mol. The van der Waals surface area contributed by atoms with Gasteiger partial charge >= 0.3 is 0 Å². The SMILES string of the molecule is CCCOc1ccc(C(C)NC(=O)c2cnccn2)cc1OC. The van der Waals surface area contributed by atoms with Crippen molar-refractivity contribution in [3.05, 3.63) is 48.0 Å². The Morgan fingerprint density at radius 3 is 2.78 bits per heavy atom. The quantitative estimate of drug-likeness (QED) is 0.850. The summed E-state index contributed by atoms with van der Waals surface area (Å²) in [5.41, 5.74) is 1.21. The smallest absolute Gasteiger partial charge is 0.271 e. The highest BCUT2D eigenvalue weighted by Gasteiger charge is 2.14. The van der Waals surface area contributed by atoms with Crippen LogP contribution in [0.3, 0.4) is 0 Å². The topological polar surface area (TPSA) is 73.3 Å². The number of carbonyl (C=O) groups is 1. The average Bonchev–Trinajstić information content (AvgIpc) is 2.60. The molecule has 0 bridgehead atoms. The van der Waals surface area contributed by atoms with E-state index in [1.54, 1.807) is 7.11 Å². The van der Waals surface area contributed by atoms with Crippen LogP contribution in [0.5, 0.6) is 11.5 Å². The lowest BCUT2D eigenvalue weighted by atomic mass is 10.1. The third-order valence-electron chi connectivity index (χ3n) is 3.29. The Hall–Kier alpha value is -2.63. The minimum atomic E-state index is -0.268. The Morgan fingerprint density at radius 2 is 2.13 bits per heavy atom. The summed E-state index contributed by atoms with van der Waals surface area (Å²) in [5.74, 6) is 1.08. The maximum atomic E-state index is 12.1. The molecule has 0 aliphatic heterocycles. The van der Waals surface area contributed by atoms with Crippen molar-refractivity contribution >= 4 is 5.91 Å². The van der Waals surface area contributed by atoms with Gasteiger partial charge in [0.1, 0.15) is 5.69 Å². The van der Waals surface area contributed by atoms with Crippen molar-refractivity contribution in [1.29, 1.82) is 0 Å². The van der Waals surface area contributed by atoms with Gasteiger partial charge in [0, 0.05) is 12.4 Å². The maximum absolute atomic E-state index is 12.1. The van der Waals surface area contributed by atoms with Gasteiger partial charge in [0.05, 0.1) is 26.0 Å². The number of nitrogens with one attached hydrogen (secondary N) is 1. The summed E-state index contributed by atoms with van der Waals surface area (Å²) >= 11 is 0. The van der Waals surface area contributed by atoms with E-state index in [1.165, 1.54) is 18.6 Å². The molecule has 0 aliphatic rings. The number of carbonyl (C=O) groups excluding carboxylic acids is 1. The van der Waals surface area contributed by atoms with Gasteiger partial charge in [0.25, 0.3) is 5.91 Å². The van der Waals surface area contributed by atoms with E-state index in [9.17, 15) is 4.79 Å². The molecule has 0 aliphatic carbocycles. The molecule has 1 unspecified atom stereocenters. The van der Waals surface area contributed by atoms with Crippen molar-refractivity contribution in [2.24, 2.45) is 0 Å². The van der Waals surface area contributed by atoms with Crippen molar-refractivity contribution in [2.75, 3.05) is 13.7 Å². The second kappa shape index (κ2) is 8.12. The van der Waals surface area contributed by atoms with E-state index in [0.29, 0.717) is 18.1 Å². The number of aromatic nitrogens is 2. The van der Waals surface area contributed by atoms with Crippen LogP contribution in [-0.2, 0) is 0 Å². The largest absolute Gasteiger partial charge is 0.493 e. The monoisotopic (exact) mass is 315 g/mol. The number of hydrogen-bond donors (Lipinski definition) is 1. The molecule has 1 N–H and O–H groups in total. The third-order valence-corrected chi connectivity index (χ3v) is 3.29. The number of nitrogens with zero attached hydrogens (tertiary/aromatic N) is 2. The van der Waals surface area contributed by atoms with Crippen LogP contribution in [0, 0.1) is 0 Å². The molecule has 1 heterocycles. The van der Waals surface area contributed by atoms with Gasteiger partial charge in [-0.1, -0.05) is 13.0 Å². The van der Waals surface area contributed by atoms with E-state index in [4.69, 9.17) is 9.47 Å². The van der Waals surface area contributed by atoms with Gasteiger partial charge in [-0.2, -0.15) is 0 Å². The second-order valence-electron chi connectivity index (χ2n) is 5.04. The molecule has 0 saturated carbocycles. The molecule has 2 aromatic rings. The van der Waals surface area contributed by atoms with E-state index in [-0.39, 0.29) is 17.6 Å². The van der Waals surface area contributed by atoms with Crippen LogP contribution in [0.1, 0.15) is 42.4 Å². The number of amides is 1. The second-order valence-corrected chi connectivity index (χ2v) is 5.04. The van der Waals surface area contributed by atoms with E-state index >= 15 is 0 Å². The summed E-state index contributed by atoms with van der Waals surface area (Å²) in [6.45, 7) is 4.58. The molecule has 2 rings (SSSR count). The first-order valence-corrected chi connectivity index (χ1v) is 7.53. The normalized spacial score (nSPS) is 11.6. The van der Waals surface area contributed by atoms with Gasteiger partial charge in [-0.3, -0.25) is 9.78 Å². The van der Waals surface area contributed by atoms with Crippen molar-refractivity contribution in [1.82, 2.24) is 15.3 Å². The molecular formula is C17H21N3O3. The molecule has 0 radical (unpaired) electrons. The van der Waals surface area contributed by atoms with Crippen LogP contribution < -0.4 is 14.8 Å². The Morgan fingerprint density at radius 1 is 1.30 bits per heavy atom. The highest BCUT2D eigenvalue weighted by Crippen LogP contribution is 2.30. The van der Waals surface area contributed by atoms with E-state index in [2.05, 4.69) is 15.3 Å². The lowest BCUT2D eigenvalue weighted by Gasteiger charge is -2.17. The van der Waals surface area contributed by atoms with Gasteiger partial charge in [-0.25, -0.2) is 4.98 Å². The maximum Gasteiger partial charge on any atom is 0.271 e. The van der Waals surface area contributed by atoms with Crippen molar-refractivity contribution in [3.63, 3.8) is 0 Å². The van der Waals surface area contributed by atoms with Crippen LogP contribution in [0.25, 0.3) is 0 Å². The summed E-state index contributed by atoms with van der Waals surface area (Å²) in [7, 11) is 1.60. The number of hydrogen-bond acceptors (Lipinski definition) is 5. The Kier molecular flexibility index (Phi) is 5.91. The predicted molar refractivity (Wildman–Crippen MR) is 86.7 cm³/mol. The van der Waals surface area contributed by atoms with Gasteiger partial charge in [-0.15, -0.1) is 0 Å². The minimum absolute atomic E-state index is 0.196.